The van der Waals surface area contributed by atoms with E-state index in [4.69, 9.17) is 4.74 Å². The minimum absolute atomic E-state index is 0.715. The molecule has 17 heavy (non-hydrogen) atoms. The van der Waals surface area contributed by atoms with E-state index in [1.807, 2.05) is 24.0 Å². The molecule has 0 radical (unpaired) electrons. The summed E-state index contributed by atoms with van der Waals surface area (Å²) in [4.78, 5) is 8.60. The summed E-state index contributed by atoms with van der Waals surface area (Å²) < 4.78 is 7.09. The number of rotatable bonds is 7. The van der Waals surface area contributed by atoms with Crippen LogP contribution in [-0.4, -0.2) is 34.8 Å². The topological polar surface area (TPSA) is 52.0 Å². The minimum Gasteiger partial charge on any atom is -0.383 e. The fourth-order valence-electron chi connectivity index (χ4n) is 1.50. The zero-order valence-electron chi connectivity index (χ0n) is 9.80. The van der Waals surface area contributed by atoms with Gasteiger partial charge in [0.15, 0.2) is 0 Å². The van der Waals surface area contributed by atoms with Crippen molar-refractivity contribution in [3.05, 3.63) is 34.8 Å². The van der Waals surface area contributed by atoms with Gasteiger partial charge in [0.05, 0.1) is 19.7 Å². The van der Waals surface area contributed by atoms with Crippen LogP contribution in [0.25, 0.3) is 0 Å². The Balaban J connectivity index is 1.88. The molecule has 92 valence electrons. The molecule has 0 aliphatic heterocycles. The third-order valence-electron chi connectivity index (χ3n) is 2.36. The second-order valence-corrected chi connectivity index (χ2v) is 4.55. The van der Waals surface area contributed by atoms with E-state index in [-0.39, 0.29) is 0 Å². The molecule has 6 heteroatoms. The molecule has 0 aromatic carbocycles. The van der Waals surface area contributed by atoms with E-state index >= 15 is 0 Å². The van der Waals surface area contributed by atoms with Crippen molar-refractivity contribution in [3.63, 3.8) is 0 Å². The van der Waals surface area contributed by atoms with E-state index < -0.39 is 0 Å². The number of nitrogens with one attached hydrogen (secondary N) is 1. The van der Waals surface area contributed by atoms with E-state index in [9.17, 15) is 0 Å². The van der Waals surface area contributed by atoms with Gasteiger partial charge < -0.3 is 14.6 Å². The highest BCUT2D eigenvalue weighted by atomic mass is 32.1. The van der Waals surface area contributed by atoms with Gasteiger partial charge in [-0.05, 0) is 0 Å². The highest BCUT2D eigenvalue weighted by Crippen LogP contribution is 2.08. The SMILES string of the molecule is COCCNCc1nccn1Cc1nccs1. The fraction of sp³-hybridized carbons (Fsp3) is 0.455. The summed E-state index contributed by atoms with van der Waals surface area (Å²) in [6, 6.07) is 0. The molecule has 0 unspecified atom stereocenters. The maximum absolute atomic E-state index is 4.98. The van der Waals surface area contributed by atoms with E-state index in [0.717, 1.165) is 30.5 Å². The first-order valence-corrected chi connectivity index (χ1v) is 6.36. The Morgan fingerprint density at radius 3 is 3.12 bits per heavy atom. The summed E-state index contributed by atoms with van der Waals surface area (Å²) >= 11 is 1.66. The van der Waals surface area contributed by atoms with Gasteiger partial charge in [0.25, 0.3) is 0 Å². The molecule has 2 aromatic rings. The van der Waals surface area contributed by atoms with Crippen LogP contribution in [0.5, 0.6) is 0 Å². The Labute approximate surface area is 104 Å². The minimum atomic E-state index is 0.715. The zero-order valence-corrected chi connectivity index (χ0v) is 10.6. The normalized spacial score (nSPS) is 10.9. The lowest BCUT2D eigenvalue weighted by molar-refractivity contribution is 0.199. The third-order valence-corrected chi connectivity index (χ3v) is 3.12. The van der Waals surface area contributed by atoms with Crippen molar-refractivity contribution >= 4 is 11.3 Å². The Kier molecular flexibility index (Phi) is 4.66. The van der Waals surface area contributed by atoms with Crippen molar-refractivity contribution in [2.75, 3.05) is 20.3 Å². The second kappa shape index (κ2) is 6.48. The molecule has 2 rings (SSSR count). The van der Waals surface area contributed by atoms with E-state index in [1.165, 1.54) is 0 Å². The van der Waals surface area contributed by atoms with Crippen LogP contribution in [-0.2, 0) is 17.8 Å². The number of nitrogens with zero attached hydrogens (tertiary/aromatic N) is 3. The van der Waals surface area contributed by atoms with Crippen LogP contribution in [0, 0.1) is 0 Å². The first-order valence-electron chi connectivity index (χ1n) is 5.48. The maximum atomic E-state index is 4.98. The van der Waals surface area contributed by atoms with Gasteiger partial charge in [0.2, 0.25) is 0 Å². The summed E-state index contributed by atoms with van der Waals surface area (Å²) in [6.45, 7) is 3.09. The molecule has 0 saturated carbocycles. The van der Waals surface area contributed by atoms with Crippen molar-refractivity contribution in [1.82, 2.24) is 19.9 Å². The average molecular weight is 252 g/mol. The molecule has 2 heterocycles. The molecule has 0 spiro atoms. The highest BCUT2D eigenvalue weighted by molar-refractivity contribution is 7.09. The van der Waals surface area contributed by atoms with Crippen LogP contribution >= 0.6 is 11.3 Å². The van der Waals surface area contributed by atoms with Gasteiger partial charge in [-0.2, -0.15) is 0 Å². The summed E-state index contributed by atoms with van der Waals surface area (Å²) in [5.74, 6) is 1.02. The summed E-state index contributed by atoms with van der Waals surface area (Å²) in [6.07, 6.45) is 5.63. The number of hydrogen-bond acceptors (Lipinski definition) is 5. The molecule has 0 aliphatic rings. The van der Waals surface area contributed by atoms with Crippen LogP contribution in [0.3, 0.4) is 0 Å². The molecule has 0 bridgehead atoms. The Morgan fingerprint density at radius 1 is 1.41 bits per heavy atom. The van der Waals surface area contributed by atoms with E-state index in [1.54, 1.807) is 18.4 Å². The van der Waals surface area contributed by atoms with Crippen LogP contribution in [0.1, 0.15) is 10.8 Å². The second-order valence-electron chi connectivity index (χ2n) is 3.57. The van der Waals surface area contributed by atoms with Gasteiger partial charge in [-0.3, -0.25) is 0 Å². The van der Waals surface area contributed by atoms with Crippen LogP contribution in [0.4, 0.5) is 0 Å². The molecular weight excluding hydrogens is 236 g/mol. The van der Waals surface area contributed by atoms with Gasteiger partial charge in [-0.1, -0.05) is 0 Å². The Hall–Kier alpha value is -1.24. The van der Waals surface area contributed by atoms with Crippen molar-refractivity contribution in [2.24, 2.45) is 0 Å². The van der Waals surface area contributed by atoms with Crippen molar-refractivity contribution in [1.29, 1.82) is 0 Å². The maximum Gasteiger partial charge on any atom is 0.123 e. The third kappa shape index (κ3) is 3.62. The highest BCUT2D eigenvalue weighted by Gasteiger charge is 2.04. The van der Waals surface area contributed by atoms with Crippen LogP contribution in [0.2, 0.25) is 0 Å². The first-order chi connectivity index (χ1) is 8.40. The van der Waals surface area contributed by atoms with Crippen molar-refractivity contribution < 1.29 is 4.74 Å². The largest absolute Gasteiger partial charge is 0.383 e. The lowest BCUT2D eigenvalue weighted by Crippen LogP contribution is -2.21. The van der Waals surface area contributed by atoms with Gasteiger partial charge in [0.1, 0.15) is 10.8 Å². The van der Waals surface area contributed by atoms with Gasteiger partial charge in [0, 0.05) is 37.6 Å². The first kappa shape index (κ1) is 12.2. The van der Waals surface area contributed by atoms with Crippen molar-refractivity contribution in [3.8, 4) is 0 Å². The summed E-state index contributed by atoms with van der Waals surface area (Å²) in [5, 5.41) is 6.37. The van der Waals surface area contributed by atoms with Gasteiger partial charge in [-0.15, -0.1) is 11.3 Å². The smallest absolute Gasteiger partial charge is 0.123 e. The standard InChI is InChI=1S/C11H16N4OS/c1-16-6-3-12-8-10-13-2-5-15(10)9-11-14-4-7-17-11/h2,4-5,7,12H,3,6,8-9H2,1H3. The van der Waals surface area contributed by atoms with Crippen LogP contribution in [0.15, 0.2) is 24.0 Å². The quantitative estimate of drug-likeness (QED) is 0.750. The molecule has 0 atom stereocenters. The summed E-state index contributed by atoms with van der Waals surface area (Å²) in [5.41, 5.74) is 0. The molecule has 0 saturated heterocycles. The predicted octanol–water partition coefficient (Wildman–Crippen LogP) is 1.12. The number of methoxy groups -OCH3 is 1. The number of ether oxygens (including phenoxy) is 1. The molecule has 1 N–H and O–H groups in total. The molecule has 5 nitrogen and oxygen atoms in total. The molecule has 0 fully saturated rings. The monoisotopic (exact) mass is 252 g/mol. The van der Waals surface area contributed by atoms with E-state index in [2.05, 4.69) is 19.9 Å². The lowest BCUT2D eigenvalue weighted by Gasteiger charge is -2.07. The van der Waals surface area contributed by atoms with Crippen LogP contribution < -0.4 is 5.32 Å². The number of aromatic nitrogens is 3. The lowest BCUT2D eigenvalue weighted by atomic mass is 10.5. The number of hydrogen-bond donors (Lipinski definition) is 1. The molecule has 2 aromatic heterocycles. The average Bonchev–Trinajstić information content (AvgIpc) is 2.97. The Morgan fingerprint density at radius 2 is 2.35 bits per heavy atom. The van der Waals surface area contributed by atoms with Gasteiger partial charge in [-0.25, -0.2) is 9.97 Å². The fourth-order valence-corrected chi connectivity index (χ4v) is 2.12. The van der Waals surface area contributed by atoms with E-state index in [0.29, 0.717) is 6.61 Å². The number of imidazole rings is 1. The number of thiazole rings is 1. The molecular formula is C11H16N4OS. The van der Waals surface area contributed by atoms with Gasteiger partial charge >= 0.3 is 0 Å². The molecule has 0 aliphatic carbocycles. The Bertz CT molecular complexity index is 426. The zero-order chi connectivity index (χ0) is 11.9. The van der Waals surface area contributed by atoms with Crippen molar-refractivity contribution in [2.45, 2.75) is 13.1 Å². The molecule has 0 amide bonds. The summed E-state index contributed by atoms with van der Waals surface area (Å²) in [7, 11) is 1.70. The predicted molar refractivity (Wildman–Crippen MR) is 67.0 cm³/mol.